The van der Waals surface area contributed by atoms with Crippen LogP contribution >= 0.6 is 11.3 Å². The summed E-state index contributed by atoms with van der Waals surface area (Å²) in [5.74, 6) is 0. The van der Waals surface area contributed by atoms with Crippen molar-refractivity contribution in [3.8, 4) is 10.6 Å². The Labute approximate surface area is 134 Å². The zero-order valence-corrected chi connectivity index (χ0v) is 13.4. The van der Waals surface area contributed by atoms with Crippen LogP contribution in [0.5, 0.6) is 0 Å². The molecule has 0 unspecified atom stereocenters. The summed E-state index contributed by atoms with van der Waals surface area (Å²) in [6.45, 7) is 5.22. The van der Waals surface area contributed by atoms with Crippen LogP contribution in [-0.4, -0.2) is 21.9 Å². The summed E-state index contributed by atoms with van der Waals surface area (Å²) >= 11 is 0.461. The molecule has 0 atom stereocenters. The van der Waals surface area contributed by atoms with Crippen molar-refractivity contribution in [2.24, 2.45) is 0 Å². The Bertz CT molecular complexity index is 691. The number of nitrogens with one attached hydrogen (secondary N) is 1. The minimum absolute atomic E-state index is 0.154. The normalized spacial score (nSPS) is 12.1. The SMILES string of the molecule is CC(C)(C)OC(=O)Nc1ccc(-c2nnc(C(F)(F)F)s2)cc1. The van der Waals surface area contributed by atoms with E-state index >= 15 is 0 Å². The second-order valence-corrected chi connectivity index (χ2v) is 6.59. The van der Waals surface area contributed by atoms with Gasteiger partial charge < -0.3 is 4.74 Å². The number of aromatic nitrogens is 2. The molecule has 1 aromatic carbocycles. The summed E-state index contributed by atoms with van der Waals surface area (Å²) < 4.78 is 42.6. The van der Waals surface area contributed by atoms with Gasteiger partial charge >= 0.3 is 12.3 Å². The maximum Gasteiger partial charge on any atom is 0.445 e. The third-order valence-electron chi connectivity index (χ3n) is 2.44. The van der Waals surface area contributed by atoms with E-state index in [1.807, 2.05) is 0 Å². The van der Waals surface area contributed by atoms with Crippen LogP contribution in [0.1, 0.15) is 25.8 Å². The topological polar surface area (TPSA) is 64.1 Å². The van der Waals surface area contributed by atoms with Gasteiger partial charge in [0, 0.05) is 11.3 Å². The maximum absolute atomic E-state index is 12.5. The molecule has 1 N–H and O–H groups in total. The largest absolute Gasteiger partial charge is 0.445 e. The van der Waals surface area contributed by atoms with Gasteiger partial charge in [-0.1, -0.05) is 11.3 Å². The summed E-state index contributed by atoms with van der Waals surface area (Å²) in [7, 11) is 0. The van der Waals surface area contributed by atoms with E-state index in [-0.39, 0.29) is 5.01 Å². The number of nitrogens with zero attached hydrogens (tertiary/aromatic N) is 2. The molecule has 5 nitrogen and oxygen atoms in total. The lowest BCUT2D eigenvalue weighted by atomic mass is 10.2. The molecule has 0 saturated heterocycles. The van der Waals surface area contributed by atoms with Crippen LogP contribution in [0.2, 0.25) is 0 Å². The van der Waals surface area contributed by atoms with Gasteiger partial charge in [0.25, 0.3) is 0 Å². The number of amides is 1. The molecule has 1 amide bonds. The van der Waals surface area contributed by atoms with E-state index in [2.05, 4.69) is 15.5 Å². The van der Waals surface area contributed by atoms with Crippen LogP contribution < -0.4 is 5.32 Å². The Morgan fingerprint density at radius 1 is 1.13 bits per heavy atom. The number of hydrogen-bond donors (Lipinski definition) is 1. The van der Waals surface area contributed by atoms with Crippen LogP contribution in [0, 0.1) is 0 Å². The van der Waals surface area contributed by atoms with Crippen molar-refractivity contribution in [3.05, 3.63) is 29.3 Å². The van der Waals surface area contributed by atoms with Gasteiger partial charge in [0.2, 0.25) is 5.01 Å². The minimum Gasteiger partial charge on any atom is -0.444 e. The Hall–Kier alpha value is -2.16. The van der Waals surface area contributed by atoms with Crippen LogP contribution in [0.4, 0.5) is 23.7 Å². The number of benzene rings is 1. The highest BCUT2D eigenvalue weighted by molar-refractivity contribution is 7.14. The summed E-state index contributed by atoms with van der Waals surface area (Å²) in [4.78, 5) is 11.6. The molecule has 0 saturated carbocycles. The van der Waals surface area contributed by atoms with Crippen LogP contribution in [0.25, 0.3) is 10.6 Å². The second-order valence-electron chi connectivity index (χ2n) is 5.61. The van der Waals surface area contributed by atoms with E-state index in [1.165, 1.54) is 0 Å². The van der Waals surface area contributed by atoms with Crippen molar-refractivity contribution >= 4 is 23.1 Å². The molecule has 2 aromatic rings. The fourth-order valence-corrected chi connectivity index (χ4v) is 2.29. The average Bonchev–Trinajstić information content (AvgIpc) is 2.86. The zero-order valence-electron chi connectivity index (χ0n) is 12.6. The number of hydrogen-bond acceptors (Lipinski definition) is 5. The molecule has 9 heteroatoms. The van der Waals surface area contributed by atoms with Crippen LogP contribution in [0.15, 0.2) is 24.3 Å². The van der Waals surface area contributed by atoms with Gasteiger partial charge in [-0.05, 0) is 45.0 Å². The van der Waals surface area contributed by atoms with Crippen LogP contribution in [0.3, 0.4) is 0 Å². The molecule has 124 valence electrons. The zero-order chi connectivity index (χ0) is 17.3. The molecule has 23 heavy (non-hydrogen) atoms. The number of rotatable bonds is 2. The molecular formula is C14H14F3N3O2S. The number of halogens is 3. The maximum atomic E-state index is 12.5. The van der Waals surface area contributed by atoms with Gasteiger partial charge in [-0.25, -0.2) is 4.79 Å². The van der Waals surface area contributed by atoms with E-state index in [0.29, 0.717) is 22.6 Å². The predicted molar refractivity (Wildman–Crippen MR) is 80.2 cm³/mol. The van der Waals surface area contributed by atoms with Gasteiger partial charge in [0.05, 0.1) is 0 Å². The average molecular weight is 345 g/mol. The number of carbonyl (C=O) groups excluding carboxylic acids is 1. The predicted octanol–water partition coefficient (Wildman–Crippen LogP) is 4.57. The van der Waals surface area contributed by atoms with Gasteiger partial charge in [-0.15, -0.1) is 10.2 Å². The van der Waals surface area contributed by atoms with Gasteiger partial charge in [-0.2, -0.15) is 13.2 Å². The summed E-state index contributed by atoms with van der Waals surface area (Å²) in [6.07, 6.45) is -5.12. The molecular weight excluding hydrogens is 331 g/mol. The Morgan fingerprint density at radius 2 is 1.74 bits per heavy atom. The van der Waals surface area contributed by atoms with E-state index in [0.717, 1.165) is 0 Å². The number of anilines is 1. The third-order valence-corrected chi connectivity index (χ3v) is 3.46. The summed E-state index contributed by atoms with van der Waals surface area (Å²) in [6, 6.07) is 6.20. The highest BCUT2D eigenvalue weighted by atomic mass is 32.1. The number of ether oxygens (including phenoxy) is 1. The lowest BCUT2D eigenvalue weighted by molar-refractivity contribution is -0.138. The van der Waals surface area contributed by atoms with Crippen molar-refractivity contribution in [2.45, 2.75) is 32.5 Å². The highest BCUT2D eigenvalue weighted by Crippen LogP contribution is 2.34. The molecule has 0 radical (unpaired) electrons. The van der Waals surface area contributed by atoms with E-state index in [9.17, 15) is 18.0 Å². The first-order chi connectivity index (χ1) is 10.5. The van der Waals surface area contributed by atoms with Gasteiger partial charge in [-0.3, -0.25) is 5.32 Å². The lowest BCUT2D eigenvalue weighted by Gasteiger charge is -2.19. The van der Waals surface area contributed by atoms with Crippen molar-refractivity contribution < 1.29 is 22.7 Å². The van der Waals surface area contributed by atoms with E-state index < -0.39 is 22.9 Å². The Morgan fingerprint density at radius 3 is 2.22 bits per heavy atom. The Balaban J connectivity index is 2.08. The monoisotopic (exact) mass is 345 g/mol. The minimum atomic E-state index is -4.51. The van der Waals surface area contributed by atoms with E-state index in [4.69, 9.17) is 4.74 Å². The van der Waals surface area contributed by atoms with Crippen molar-refractivity contribution in [3.63, 3.8) is 0 Å². The first-order valence-corrected chi connectivity index (χ1v) is 7.37. The van der Waals surface area contributed by atoms with Crippen LogP contribution in [-0.2, 0) is 10.9 Å². The van der Waals surface area contributed by atoms with Gasteiger partial charge in [0.1, 0.15) is 10.6 Å². The molecule has 0 aliphatic carbocycles. The molecule has 2 rings (SSSR count). The molecule has 0 aliphatic heterocycles. The van der Waals surface area contributed by atoms with Crippen molar-refractivity contribution in [1.29, 1.82) is 0 Å². The Kier molecular flexibility index (Phi) is 4.60. The third kappa shape index (κ3) is 4.92. The number of alkyl halides is 3. The molecule has 0 fully saturated rings. The fraction of sp³-hybridized carbons (Fsp3) is 0.357. The molecule has 1 aromatic heterocycles. The number of carbonyl (C=O) groups is 1. The highest BCUT2D eigenvalue weighted by Gasteiger charge is 2.35. The molecule has 0 bridgehead atoms. The lowest BCUT2D eigenvalue weighted by Crippen LogP contribution is -2.27. The standard InChI is InChI=1S/C14H14F3N3O2S/c1-13(2,3)22-12(21)18-9-6-4-8(5-7-9)10-19-20-11(23-10)14(15,16)17/h4-7H,1-3H3,(H,18,21). The molecule has 1 heterocycles. The quantitative estimate of drug-likeness (QED) is 0.866. The summed E-state index contributed by atoms with van der Waals surface area (Å²) in [5.41, 5.74) is 0.321. The second kappa shape index (κ2) is 6.15. The van der Waals surface area contributed by atoms with E-state index in [1.54, 1.807) is 45.0 Å². The van der Waals surface area contributed by atoms with Crippen molar-refractivity contribution in [1.82, 2.24) is 10.2 Å². The molecule has 0 aliphatic rings. The van der Waals surface area contributed by atoms with Gasteiger partial charge in [0.15, 0.2) is 0 Å². The molecule has 0 spiro atoms. The first-order valence-electron chi connectivity index (χ1n) is 6.56. The fourth-order valence-electron chi connectivity index (χ4n) is 1.57. The smallest absolute Gasteiger partial charge is 0.444 e. The van der Waals surface area contributed by atoms with Crippen molar-refractivity contribution in [2.75, 3.05) is 5.32 Å². The first kappa shape index (κ1) is 17.2. The summed E-state index contributed by atoms with van der Waals surface area (Å²) in [5, 5.41) is 8.35.